The van der Waals surface area contributed by atoms with Crippen molar-refractivity contribution in [1.82, 2.24) is 4.90 Å². The fraction of sp³-hybridized carbons (Fsp3) is 1.00. The monoisotopic (exact) mass is 287 g/mol. The minimum Gasteiger partial charge on any atom is -0.395 e. The molecule has 5 nitrogen and oxygen atoms in total. The van der Waals surface area contributed by atoms with Crippen LogP contribution in [-0.4, -0.2) is 69.4 Å². The van der Waals surface area contributed by atoms with Gasteiger partial charge in [0, 0.05) is 13.1 Å². The molecule has 4 atom stereocenters. The van der Waals surface area contributed by atoms with Crippen LogP contribution in [-0.2, 0) is 0 Å². The molecule has 1 heterocycles. The van der Waals surface area contributed by atoms with Gasteiger partial charge in [-0.3, -0.25) is 4.90 Å². The van der Waals surface area contributed by atoms with Crippen LogP contribution in [0.25, 0.3) is 0 Å². The van der Waals surface area contributed by atoms with Gasteiger partial charge in [-0.2, -0.15) is 0 Å². The summed E-state index contributed by atoms with van der Waals surface area (Å²) in [6.07, 6.45) is 1.52. The van der Waals surface area contributed by atoms with E-state index < -0.39 is 24.4 Å². The second-order valence-electron chi connectivity index (χ2n) is 7.36. The number of aliphatic hydroxyl groups excluding tert-OH is 4. The highest BCUT2D eigenvalue weighted by atomic mass is 16.4. The molecule has 2 rings (SSSR count). The Kier molecular flexibility index (Phi) is 5.08. The Morgan fingerprint density at radius 2 is 1.65 bits per heavy atom. The number of aliphatic hydroxyl groups is 4. The standard InChI is InChI=1S/C15H29NO4/c1-15(2)5-3-10(4-6-15)7-16-8-12(18)14(20)13(19)11(16)9-17/h10-14,17-20H,3-9H2,1-2H3/t11-,12-,13+,14+/m0/s1. The summed E-state index contributed by atoms with van der Waals surface area (Å²) in [7, 11) is 0. The Morgan fingerprint density at radius 1 is 1.05 bits per heavy atom. The molecule has 0 aromatic carbocycles. The van der Waals surface area contributed by atoms with E-state index in [1.165, 1.54) is 12.8 Å². The molecule has 0 radical (unpaired) electrons. The van der Waals surface area contributed by atoms with Crippen molar-refractivity contribution in [2.24, 2.45) is 11.3 Å². The molecule has 2 fully saturated rings. The summed E-state index contributed by atoms with van der Waals surface area (Å²) in [6.45, 7) is 5.50. The Balaban J connectivity index is 1.94. The highest BCUT2D eigenvalue weighted by molar-refractivity contribution is 4.95. The third kappa shape index (κ3) is 3.52. The van der Waals surface area contributed by atoms with Crippen LogP contribution in [0, 0.1) is 11.3 Å². The summed E-state index contributed by atoms with van der Waals surface area (Å²) in [5.74, 6) is 0.548. The lowest BCUT2D eigenvalue weighted by molar-refractivity contribution is -0.148. The van der Waals surface area contributed by atoms with Gasteiger partial charge in [-0.05, 0) is 37.0 Å². The molecular formula is C15H29NO4. The predicted octanol–water partition coefficient (Wildman–Crippen LogP) is -0.0380. The Labute approximate surface area is 121 Å². The lowest BCUT2D eigenvalue weighted by atomic mass is 9.73. The zero-order valence-electron chi connectivity index (χ0n) is 12.6. The van der Waals surface area contributed by atoms with E-state index in [1.807, 2.05) is 4.90 Å². The van der Waals surface area contributed by atoms with Crippen LogP contribution in [0.15, 0.2) is 0 Å². The molecule has 0 amide bonds. The van der Waals surface area contributed by atoms with Crippen LogP contribution in [0.2, 0.25) is 0 Å². The second-order valence-corrected chi connectivity index (χ2v) is 7.36. The van der Waals surface area contributed by atoms with Crippen LogP contribution in [0.5, 0.6) is 0 Å². The molecule has 20 heavy (non-hydrogen) atoms. The first-order chi connectivity index (χ1) is 9.34. The molecule has 1 saturated heterocycles. The quantitative estimate of drug-likeness (QED) is 0.585. The van der Waals surface area contributed by atoms with Crippen molar-refractivity contribution in [1.29, 1.82) is 0 Å². The molecule has 1 aliphatic carbocycles. The molecule has 0 unspecified atom stereocenters. The van der Waals surface area contributed by atoms with E-state index in [0.717, 1.165) is 19.4 Å². The summed E-state index contributed by atoms with van der Waals surface area (Å²) < 4.78 is 0. The van der Waals surface area contributed by atoms with Crippen molar-refractivity contribution >= 4 is 0 Å². The number of likely N-dealkylation sites (tertiary alicyclic amines) is 1. The van der Waals surface area contributed by atoms with Crippen LogP contribution in [0.3, 0.4) is 0 Å². The van der Waals surface area contributed by atoms with Crippen molar-refractivity contribution in [3.63, 3.8) is 0 Å². The second kappa shape index (κ2) is 6.28. The predicted molar refractivity (Wildman–Crippen MR) is 76.2 cm³/mol. The largest absolute Gasteiger partial charge is 0.395 e. The zero-order chi connectivity index (χ0) is 14.9. The molecular weight excluding hydrogens is 258 g/mol. The smallest absolute Gasteiger partial charge is 0.109 e. The van der Waals surface area contributed by atoms with E-state index in [1.54, 1.807) is 0 Å². The first-order valence-corrected chi connectivity index (χ1v) is 7.73. The molecule has 1 saturated carbocycles. The third-order valence-electron chi connectivity index (χ3n) is 5.17. The Morgan fingerprint density at radius 3 is 2.20 bits per heavy atom. The molecule has 0 spiro atoms. The fourth-order valence-electron chi connectivity index (χ4n) is 3.56. The van der Waals surface area contributed by atoms with Gasteiger partial charge in [-0.15, -0.1) is 0 Å². The van der Waals surface area contributed by atoms with Crippen LogP contribution < -0.4 is 0 Å². The lowest BCUT2D eigenvalue weighted by Gasteiger charge is -2.45. The van der Waals surface area contributed by atoms with E-state index in [-0.39, 0.29) is 6.61 Å². The zero-order valence-corrected chi connectivity index (χ0v) is 12.6. The van der Waals surface area contributed by atoms with Crippen molar-refractivity contribution in [3.05, 3.63) is 0 Å². The summed E-state index contributed by atoms with van der Waals surface area (Å²) in [4.78, 5) is 1.95. The lowest BCUT2D eigenvalue weighted by Crippen LogP contribution is -2.63. The highest BCUT2D eigenvalue weighted by Crippen LogP contribution is 2.38. The van der Waals surface area contributed by atoms with Gasteiger partial charge in [0.25, 0.3) is 0 Å². The molecule has 0 bridgehead atoms. The van der Waals surface area contributed by atoms with Crippen molar-refractivity contribution < 1.29 is 20.4 Å². The highest BCUT2D eigenvalue weighted by Gasteiger charge is 2.42. The average molecular weight is 287 g/mol. The van der Waals surface area contributed by atoms with Crippen LogP contribution in [0.4, 0.5) is 0 Å². The minimum absolute atomic E-state index is 0.191. The molecule has 0 aromatic heterocycles. The van der Waals surface area contributed by atoms with Gasteiger partial charge in [0.2, 0.25) is 0 Å². The molecule has 1 aliphatic heterocycles. The summed E-state index contributed by atoms with van der Waals surface area (Å²) in [5, 5.41) is 38.9. The van der Waals surface area contributed by atoms with Gasteiger partial charge in [-0.25, -0.2) is 0 Å². The third-order valence-corrected chi connectivity index (χ3v) is 5.17. The SMILES string of the molecule is CC1(C)CCC(CN2C[C@H](O)[C@@H](O)[C@H](O)[C@@H]2CO)CC1. The van der Waals surface area contributed by atoms with Crippen LogP contribution in [0.1, 0.15) is 39.5 Å². The first kappa shape index (κ1) is 16.2. The van der Waals surface area contributed by atoms with Gasteiger partial charge in [0.15, 0.2) is 0 Å². The number of hydrogen-bond donors (Lipinski definition) is 4. The maximum atomic E-state index is 9.98. The normalized spacial score (nSPS) is 39.9. The number of nitrogens with zero attached hydrogens (tertiary/aromatic N) is 1. The van der Waals surface area contributed by atoms with Gasteiger partial charge in [0.05, 0.1) is 18.8 Å². The van der Waals surface area contributed by atoms with E-state index in [2.05, 4.69) is 13.8 Å². The summed E-state index contributed by atoms with van der Waals surface area (Å²) in [6, 6.07) is -0.469. The van der Waals surface area contributed by atoms with E-state index in [4.69, 9.17) is 0 Å². The van der Waals surface area contributed by atoms with E-state index in [9.17, 15) is 20.4 Å². The van der Waals surface area contributed by atoms with Gasteiger partial charge in [0.1, 0.15) is 12.2 Å². The molecule has 0 aromatic rings. The Hall–Kier alpha value is -0.200. The summed E-state index contributed by atoms with van der Waals surface area (Å²) in [5.41, 5.74) is 0.421. The summed E-state index contributed by atoms with van der Waals surface area (Å²) >= 11 is 0. The fourth-order valence-corrected chi connectivity index (χ4v) is 3.56. The number of piperidine rings is 1. The number of rotatable bonds is 3. The van der Waals surface area contributed by atoms with Crippen molar-refractivity contribution in [2.45, 2.75) is 63.9 Å². The molecule has 5 heteroatoms. The van der Waals surface area contributed by atoms with Crippen molar-refractivity contribution in [2.75, 3.05) is 19.7 Å². The van der Waals surface area contributed by atoms with Gasteiger partial charge < -0.3 is 20.4 Å². The topological polar surface area (TPSA) is 84.2 Å². The minimum atomic E-state index is -1.16. The number of β-amino-alcohol motifs (C(OH)–C–C–N with tert-alkyl or cyclic N) is 1. The molecule has 2 aliphatic rings. The number of hydrogen-bond acceptors (Lipinski definition) is 5. The maximum absolute atomic E-state index is 9.98. The first-order valence-electron chi connectivity index (χ1n) is 7.73. The average Bonchev–Trinajstić information content (AvgIpc) is 2.39. The maximum Gasteiger partial charge on any atom is 0.109 e. The van der Waals surface area contributed by atoms with E-state index in [0.29, 0.717) is 17.9 Å². The van der Waals surface area contributed by atoms with E-state index >= 15 is 0 Å². The van der Waals surface area contributed by atoms with Crippen molar-refractivity contribution in [3.8, 4) is 0 Å². The Bertz CT molecular complexity index is 313. The molecule has 4 N–H and O–H groups in total. The van der Waals surface area contributed by atoms with Gasteiger partial charge in [-0.1, -0.05) is 13.8 Å². The molecule has 118 valence electrons. The van der Waals surface area contributed by atoms with Gasteiger partial charge >= 0.3 is 0 Å². The van der Waals surface area contributed by atoms with Crippen LogP contribution >= 0.6 is 0 Å².